The molecule has 0 heterocycles. The Labute approximate surface area is 68.6 Å². The second kappa shape index (κ2) is 3.11. The van der Waals surface area contributed by atoms with E-state index in [1.165, 1.54) is 0 Å². The Balaban J connectivity index is 2.16. The predicted molar refractivity (Wildman–Crippen MR) is 44.4 cm³/mol. The molecule has 0 unspecified atom stereocenters. The highest BCUT2D eigenvalue weighted by Gasteiger charge is 2.40. The first-order valence-electron chi connectivity index (χ1n) is 4.36. The van der Waals surface area contributed by atoms with Crippen molar-refractivity contribution in [1.82, 2.24) is 0 Å². The summed E-state index contributed by atoms with van der Waals surface area (Å²) in [6.07, 6.45) is 2.04. The van der Waals surface area contributed by atoms with Crippen molar-refractivity contribution < 1.29 is 9.84 Å². The van der Waals surface area contributed by atoms with Crippen LogP contribution in [0.4, 0.5) is 0 Å². The van der Waals surface area contributed by atoms with Gasteiger partial charge in [0.1, 0.15) is 0 Å². The molecule has 1 N–H and O–H groups in total. The van der Waals surface area contributed by atoms with Crippen molar-refractivity contribution in [2.45, 2.75) is 45.3 Å². The first-order chi connectivity index (χ1) is 5.02. The summed E-state index contributed by atoms with van der Waals surface area (Å²) in [4.78, 5) is 0. The lowest BCUT2D eigenvalue weighted by atomic mass is 9.72. The molecule has 0 aromatic carbocycles. The highest BCUT2D eigenvalue weighted by Crippen LogP contribution is 2.37. The van der Waals surface area contributed by atoms with Crippen LogP contribution in [0.3, 0.4) is 0 Å². The van der Waals surface area contributed by atoms with Crippen LogP contribution in [0.5, 0.6) is 0 Å². The minimum absolute atomic E-state index is 0.231. The van der Waals surface area contributed by atoms with Gasteiger partial charge in [-0.25, -0.2) is 0 Å². The standard InChI is InChI=1S/C9H18O2/c1-7(2)11-6-9(10)4-8(3)5-9/h7-8,10H,4-6H2,1-3H3. The molecule has 0 aliphatic heterocycles. The Morgan fingerprint density at radius 3 is 2.45 bits per heavy atom. The molecule has 0 aromatic rings. The number of hydrogen-bond acceptors (Lipinski definition) is 2. The van der Waals surface area contributed by atoms with Crippen molar-refractivity contribution >= 4 is 0 Å². The molecule has 0 saturated heterocycles. The Bertz CT molecular complexity index is 126. The first kappa shape index (κ1) is 9.01. The SMILES string of the molecule is CC1CC(O)(COC(C)C)C1. The van der Waals surface area contributed by atoms with Crippen molar-refractivity contribution in [3.63, 3.8) is 0 Å². The monoisotopic (exact) mass is 158 g/mol. The summed E-state index contributed by atoms with van der Waals surface area (Å²) >= 11 is 0. The van der Waals surface area contributed by atoms with Crippen LogP contribution in [0.2, 0.25) is 0 Å². The molecule has 0 radical (unpaired) electrons. The van der Waals surface area contributed by atoms with Gasteiger partial charge in [-0.1, -0.05) is 6.92 Å². The molecular weight excluding hydrogens is 140 g/mol. The normalized spacial score (nSPS) is 37.4. The van der Waals surface area contributed by atoms with Gasteiger partial charge in [-0.3, -0.25) is 0 Å². The Morgan fingerprint density at radius 2 is 2.09 bits per heavy atom. The lowest BCUT2D eigenvalue weighted by Gasteiger charge is -2.42. The molecule has 0 spiro atoms. The van der Waals surface area contributed by atoms with Gasteiger partial charge >= 0.3 is 0 Å². The third-order valence-corrected chi connectivity index (χ3v) is 2.14. The molecule has 0 aromatic heterocycles. The molecule has 1 aliphatic carbocycles. The van der Waals surface area contributed by atoms with Gasteiger partial charge in [0, 0.05) is 0 Å². The van der Waals surface area contributed by atoms with Gasteiger partial charge in [0.05, 0.1) is 18.3 Å². The van der Waals surface area contributed by atoms with E-state index in [1.54, 1.807) is 0 Å². The second-order valence-electron chi connectivity index (χ2n) is 4.10. The van der Waals surface area contributed by atoms with Crippen molar-refractivity contribution in [3.8, 4) is 0 Å². The molecule has 66 valence electrons. The van der Waals surface area contributed by atoms with Crippen molar-refractivity contribution in [3.05, 3.63) is 0 Å². The fourth-order valence-corrected chi connectivity index (χ4v) is 1.68. The molecule has 11 heavy (non-hydrogen) atoms. The quantitative estimate of drug-likeness (QED) is 0.675. The molecule has 0 amide bonds. The van der Waals surface area contributed by atoms with Crippen LogP contribution in [0.15, 0.2) is 0 Å². The average molecular weight is 158 g/mol. The Hall–Kier alpha value is -0.0800. The van der Waals surface area contributed by atoms with E-state index < -0.39 is 5.60 Å². The third-order valence-electron chi connectivity index (χ3n) is 2.14. The molecule has 2 nitrogen and oxygen atoms in total. The molecule has 1 fully saturated rings. The van der Waals surface area contributed by atoms with Crippen LogP contribution < -0.4 is 0 Å². The van der Waals surface area contributed by atoms with E-state index in [2.05, 4.69) is 6.92 Å². The van der Waals surface area contributed by atoms with Crippen molar-refractivity contribution in [1.29, 1.82) is 0 Å². The van der Waals surface area contributed by atoms with Crippen LogP contribution in [0, 0.1) is 5.92 Å². The highest BCUT2D eigenvalue weighted by molar-refractivity contribution is 4.91. The number of ether oxygens (including phenoxy) is 1. The zero-order valence-electron chi connectivity index (χ0n) is 7.63. The highest BCUT2D eigenvalue weighted by atomic mass is 16.5. The summed E-state index contributed by atoms with van der Waals surface area (Å²) < 4.78 is 5.35. The molecular formula is C9H18O2. The van der Waals surface area contributed by atoms with Crippen molar-refractivity contribution in [2.75, 3.05) is 6.61 Å². The third kappa shape index (κ3) is 2.46. The lowest BCUT2D eigenvalue weighted by molar-refractivity contribution is -0.130. The fourth-order valence-electron chi connectivity index (χ4n) is 1.68. The van der Waals surface area contributed by atoms with Gasteiger partial charge in [0.2, 0.25) is 0 Å². The van der Waals surface area contributed by atoms with E-state index in [9.17, 15) is 5.11 Å². The maximum absolute atomic E-state index is 9.70. The molecule has 0 bridgehead atoms. The minimum Gasteiger partial charge on any atom is -0.387 e. The van der Waals surface area contributed by atoms with Gasteiger partial charge in [0.25, 0.3) is 0 Å². The zero-order valence-corrected chi connectivity index (χ0v) is 7.63. The van der Waals surface area contributed by atoms with Crippen LogP contribution in [-0.2, 0) is 4.74 Å². The zero-order chi connectivity index (χ0) is 8.48. The fraction of sp³-hybridized carbons (Fsp3) is 1.00. The van der Waals surface area contributed by atoms with E-state index in [0.717, 1.165) is 12.8 Å². The van der Waals surface area contributed by atoms with E-state index in [1.807, 2.05) is 13.8 Å². The van der Waals surface area contributed by atoms with Crippen molar-refractivity contribution in [2.24, 2.45) is 5.92 Å². The van der Waals surface area contributed by atoms with E-state index in [0.29, 0.717) is 12.5 Å². The van der Waals surface area contributed by atoms with Crippen LogP contribution >= 0.6 is 0 Å². The summed E-state index contributed by atoms with van der Waals surface area (Å²) in [5.41, 5.74) is -0.496. The molecule has 0 atom stereocenters. The maximum Gasteiger partial charge on any atom is 0.0885 e. The Kier molecular flexibility index (Phi) is 2.55. The van der Waals surface area contributed by atoms with Crippen LogP contribution in [0.1, 0.15) is 33.6 Å². The number of rotatable bonds is 3. The topological polar surface area (TPSA) is 29.5 Å². The summed E-state index contributed by atoms with van der Waals surface area (Å²) in [7, 11) is 0. The lowest BCUT2D eigenvalue weighted by Crippen LogP contribution is -2.47. The van der Waals surface area contributed by atoms with E-state index >= 15 is 0 Å². The molecule has 1 rings (SSSR count). The van der Waals surface area contributed by atoms with Gasteiger partial charge in [-0.05, 0) is 32.6 Å². The molecule has 1 aliphatic rings. The average Bonchev–Trinajstić information content (AvgIpc) is 1.81. The van der Waals surface area contributed by atoms with Gasteiger partial charge in [-0.15, -0.1) is 0 Å². The predicted octanol–water partition coefficient (Wildman–Crippen LogP) is 1.57. The number of hydrogen-bond donors (Lipinski definition) is 1. The minimum atomic E-state index is -0.496. The molecule has 2 heteroatoms. The van der Waals surface area contributed by atoms with E-state index in [4.69, 9.17) is 4.74 Å². The van der Waals surface area contributed by atoms with Gasteiger partial charge < -0.3 is 9.84 Å². The second-order valence-corrected chi connectivity index (χ2v) is 4.10. The summed E-state index contributed by atoms with van der Waals surface area (Å²) in [5, 5.41) is 9.70. The van der Waals surface area contributed by atoms with Gasteiger partial charge in [-0.2, -0.15) is 0 Å². The Morgan fingerprint density at radius 1 is 1.55 bits per heavy atom. The summed E-state index contributed by atoms with van der Waals surface area (Å²) in [5.74, 6) is 0.677. The first-order valence-corrected chi connectivity index (χ1v) is 4.36. The maximum atomic E-state index is 9.70. The number of aliphatic hydroxyl groups is 1. The smallest absolute Gasteiger partial charge is 0.0885 e. The molecule has 1 saturated carbocycles. The summed E-state index contributed by atoms with van der Waals surface area (Å²) in [6.45, 7) is 6.65. The summed E-state index contributed by atoms with van der Waals surface area (Å²) in [6, 6.07) is 0. The van der Waals surface area contributed by atoms with Crippen LogP contribution in [0.25, 0.3) is 0 Å². The van der Waals surface area contributed by atoms with E-state index in [-0.39, 0.29) is 6.10 Å². The van der Waals surface area contributed by atoms with Crippen LogP contribution in [-0.4, -0.2) is 23.4 Å². The van der Waals surface area contributed by atoms with Gasteiger partial charge in [0.15, 0.2) is 0 Å². The largest absolute Gasteiger partial charge is 0.387 e.